The highest BCUT2D eigenvalue weighted by Crippen LogP contribution is 2.67. The molecule has 26 heavy (non-hydrogen) atoms. The van der Waals surface area contributed by atoms with Gasteiger partial charge in [0.15, 0.2) is 5.17 Å². The number of nitrogens with zero attached hydrogens (tertiary/aromatic N) is 3. The summed E-state index contributed by atoms with van der Waals surface area (Å²) in [5, 5.41) is 1.11. The summed E-state index contributed by atoms with van der Waals surface area (Å²) in [5.41, 5.74) is 2.35. The maximum absolute atomic E-state index is 13.5. The van der Waals surface area contributed by atoms with Crippen molar-refractivity contribution in [3.8, 4) is 0 Å². The van der Waals surface area contributed by atoms with Crippen molar-refractivity contribution < 1.29 is 4.79 Å². The fourth-order valence-corrected chi connectivity index (χ4v) is 7.52. The third-order valence-electron chi connectivity index (χ3n) is 5.40. The molecule has 3 atom stereocenters. The third-order valence-corrected chi connectivity index (χ3v) is 8.63. The summed E-state index contributed by atoms with van der Waals surface area (Å²) in [7, 11) is 3.89. The number of carbonyl (C=O) groups is 1. The second-order valence-corrected chi connectivity index (χ2v) is 9.27. The Bertz CT molecular complexity index is 916. The number of aliphatic imine (C=N–C) groups is 1. The lowest BCUT2D eigenvalue weighted by Gasteiger charge is -2.26. The monoisotopic (exact) mass is 381 g/mol. The molecule has 0 N–H and O–H groups in total. The van der Waals surface area contributed by atoms with Gasteiger partial charge in [-0.1, -0.05) is 54.2 Å². The van der Waals surface area contributed by atoms with E-state index in [-0.39, 0.29) is 17.2 Å². The van der Waals surface area contributed by atoms with Crippen LogP contribution in [0.5, 0.6) is 0 Å². The number of hydrogen-bond donors (Lipinski definition) is 0. The number of amidine groups is 1. The molecule has 5 rings (SSSR count). The van der Waals surface area contributed by atoms with Crippen molar-refractivity contribution >= 4 is 40.3 Å². The third kappa shape index (κ3) is 2.12. The Hall–Kier alpha value is -1.92. The highest BCUT2D eigenvalue weighted by Gasteiger charge is 2.78. The molecule has 2 heterocycles. The van der Waals surface area contributed by atoms with Gasteiger partial charge >= 0.3 is 0 Å². The summed E-state index contributed by atoms with van der Waals surface area (Å²) in [6.45, 7) is 0.585. The summed E-state index contributed by atoms with van der Waals surface area (Å²) >= 11 is 3.50. The van der Waals surface area contributed by atoms with E-state index >= 15 is 0 Å². The molecule has 2 aliphatic heterocycles. The van der Waals surface area contributed by atoms with E-state index in [2.05, 4.69) is 53.3 Å². The number of anilines is 1. The van der Waals surface area contributed by atoms with Crippen LogP contribution >= 0.6 is 23.5 Å². The molecule has 1 saturated carbocycles. The Morgan fingerprint density at radius 2 is 1.85 bits per heavy atom. The van der Waals surface area contributed by atoms with E-state index in [1.807, 2.05) is 34.9 Å². The molecular formula is C20H19N3OS2. The molecule has 1 saturated heterocycles. The zero-order chi connectivity index (χ0) is 17.9. The van der Waals surface area contributed by atoms with Crippen molar-refractivity contribution in [1.82, 2.24) is 4.90 Å². The van der Waals surface area contributed by atoms with Crippen LogP contribution in [-0.4, -0.2) is 46.1 Å². The molecule has 2 fully saturated rings. The van der Waals surface area contributed by atoms with Crippen molar-refractivity contribution in [3.05, 3.63) is 60.2 Å². The molecule has 132 valence electrons. The highest BCUT2D eigenvalue weighted by molar-refractivity contribution is 8.17. The number of amides is 1. The van der Waals surface area contributed by atoms with Crippen LogP contribution in [-0.2, 0) is 11.3 Å². The summed E-state index contributed by atoms with van der Waals surface area (Å²) in [6, 6.07) is 18.8. The van der Waals surface area contributed by atoms with E-state index < -0.39 is 4.75 Å². The Kier molecular flexibility index (Phi) is 3.62. The predicted molar refractivity (Wildman–Crippen MR) is 109 cm³/mol. The minimum atomic E-state index is -0.415. The topological polar surface area (TPSA) is 35.9 Å². The van der Waals surface area contributed by atoms with Gasteiger partial charge in [-0.15, -0.1) is 11.8 Å². The van der Waals surface area contributed by atoms with Gasteiger partial charge in [0.05, 0.1) is 23.5 Å². The van der Waals surface area contributed by atoms with Crippen LogP contribution in [0.2, 0.25) is 0 Å². The molecule has 3 aliphatic rings. The highest BCUT2D eigenvalue weighted by atomic mass is 32.2. The maximum Gasteiger partial charge on any atom is 0.248 e. The first-order valence-electron chi connectivity index (χ1n) is 8.67. The van der Waals surface area contributed by atoms with Gasteiger partial charge in [-0.3, -0.25) is 14.7 Å². The molecule has 4 nitrogen and oxygen atoms in total. The van der Waals surface area contributed by atoms with Gasteiger partial charge in [0, 0.05) is 19.0 Å². The van der Waals surface area contributed by atoms with Crippen LogP contribution in [0.4, 0.5) is 5.69 Å². The first kappa shape index (κ1) is 16.3. The largest absolute Gasteiger partial charge is 0.367 e. The Balaban J connectivity index is 1.48. The van der Waals surface area contributed by atoms with Gasteiger partial charge in [0.1, 0.15) is 4.75 Å². The van der Waals surface area contributed by atoms with E-state index in [1.54, 1.807) is 18.8 Å². The first-order valence-corrected chi connectivity index (χ1v) is 10.4. The van der Waals surface area contributed by atoms with Crippen molar-refractivity contribution in [2.75, 3.05) is 19.0 Å². The normalized spacial score (nSPS) is 30.7. The molecule has 0 radical (unpaired) electrons. The van der Waals surface area contributed by atoms with Gasteiger partial charge in [-0.05, 0) is 17.7 Å². The standard InChI is InChI=1S/C20H19N3OS2/c1-21-19-23(12-13-8-4-3-5-9-13)18(24)20(26-19)16-17(20)25-15-11-7-6-10-14(15)22(16)2/h3-11,16-17H,12H2,1-2H3. The fraction of sp³-hybridized carbons (Fsp3) is 0.300. The Morgan fingerprint density at radius 3 is 2.62 bits per heavy atom. The van der Waals surface area contributed by atoms with Crippen LogP contribution in [0, 0.1) is 0 Å². The number of fused-ring (bicyclic) bond motifs is 4. The molecule has 0 aromatic heterocycles. The molecular weight excluding hydrogens is 362 g/mol. The molecule has 1 spiro atoms. The second-order valence-electron chi connectivity index (χ2n) is 6.84. The van der Waals surface area contributed by atoms with E-state index in [0.29, 0.717) is 6.54 Å². The van der Waals surface area contributed by atoms with E-state index in [0.717, 1.165) is 10.7 Å². The van der Waals surface area contributed by atoms with Crippen molar-refractivity contribution in [3.63, 3.8) is 0 Å². The lowest BCUT2D eigenvalue weighted by Crippen LogP contribution is -2.36. The maximum atomic E-state index is 13.5. The number of hydrogen-bond acceptors (Lipinski definition) is 5. The van der Waals surface area contributed by atoms with Crippen LogP contribution in [0.1, 0.15) is 5.56 Å². The average molecular weight is 382 g/mol. The first-order chi connectivity index (χ1) is 12.7. The number of para-hydroxylation sites is 1. The van der Waals surface area contributed by atoms with Gasteiger partial charge in [0.2, 0.25) is 5.91 Å². The SMILES string of the molecule is CN=C1SC2(C(=O)N1Cc1ccccc1)C1Sc3ccccc3N(C)C12. The van der Waals surface area contributed by atoms with Crippen molar-refractivity contribution in [2.45, 2.75) is 27.5 Å². The Morgan fingerprint density at radius 1 is 1.12 bits per heavy atom. The molecule has 1 aliphatic carbocycles. The minimum Gasteiger partial charge on any atom is -0.367 e. The van der Waals surface area contributed by atoms with Gasteiger partial charge in [0.25, 0.3) is 0 Å². The number of thioether (sulfide) groups is 2. The van der Waals surface area contributed by atoms with Crippen molar-refractivity contribution in [1.29, 1.82) is 0 Å². The van der Waals surface area contributed by atoms with Gasteiger partial charge in [-0.25, -0.2) is 0 Å². The average Bonchev–Trinajstić information content (AvgIpc) is 3.24. The summed E-state index contributed by atoms with van der Waals surface area (Å²) < 4.78 is -0.415. The van der Waals surface area contributed by atoms with Crippen LogP contribution in [0.25, 0.3) is 0 Å². The quantitative estimate of drug-likeness (QED) is 0.798. The lowest BCUT2D eigenvalue weighted by molar-refractivity contribution is -0.127. The van der Waals surface area contributed by atoms with E-state index in [1.165, 1.54) is 10.6 Å². The lowest BCUT2D eigenvalue weighted by atomic mass is 10.2. The number of carbonyl (C=O) groups excluding carboxylic acids is 1. The smallest absolute Gasteiger partial charge is 0.248 e. The zero-order valence-corrected chi connectivity index (χ0v) is 16.3. The summed E-state index contributed by atoms with van der Waals surface area (Å²) in [4.78, 5) is 23.4. The zero-order valence-electron chi connectivity index (χ0n) is 14.6. The Labute approximate surface area is 161 Å². The molecule has 2 aromatic carbocycles. The molecule has 6 heteroatoms. The van der Waals surface area contributed by atoms with E-state index in [4.69, 9.17) is 0 Å². The number of rotatable bonds is 2. The minimum absolute atomic E-state index is 0.203. The molecule has 3 unspecified atom stereocenters. The summed E-state index contributed by atoms with van der Waals surface area (Å²) in [5.74, 6) is 0.203. The molecule has 1 amide bonds. The summed E-state index contributed by atoms with van der Waals surface area (Å²) in [6.07, 6.45) is 0. The van der Waals surface area contributed by atoms with Crippen LogP contribution < -0.4 is 4.90 Å². The van der Waals surface area contributed by atoms with E-state index in [9.17, 15) is 4.79 Å². The van der Waals surface area contributed by atoms with Crippen LogP contribution in [0.15, 0.2) is 64.5 Å². The second kappa shape index (κ2) is 5.79. The van der Waals surface area contributed by atoms with Crippen LogP contribution in [0.3, 0.4) is 0 Å². The number of benzene rings is 2. The fourth-order valence-electron chi connectivity index (χ4n) is 4.08. The van der Waals surface area contributed by atoms with Gasteiger partial charge < -0.3 is 4.90 Å². The molecule has 2 aromatic rings. The molecule has 0 bridgehead atoms. The van der Waals surface area contributed by atoms with Crippen molar-refractivity contribution in [2.24, 2.45) is 4.99 Å². The van der Waals surface area contributed by atoms with Gasteiger partial charge in [-0.2, -0.15) is 0 Å². The predicted octanol–water partition coefficient (Wildman–Crippen LogP) is 3.48.